The summed E-state index contributed by atoms with van der Waals surface area (Å²) in [6, 6.07) is 0. The molecule has 10 heavy (non-hydrogen) atoms. The van der Waals surface area contributed by atoms with Crippen LogP contribution < -0.4 is 11.5 Å². The molecule has 0 aromatic rings. The Kier molecular flexibility index (Phi) is 7.06. The van der Waals surface area contributed by atoms with E-state index in [4.69, 9.17) is 11.5 Å². The van der Waals surface area contributed by atoms with Gasteiger partial charge in [0.25, 0.3) is 0 Å². The maximum Gasteiger partial charge on any atom is 0.185 e. The quantitative estimate of drug-likeness (QED) is 0.282. The molecule has 0 aliphatic rings. The normalized spacial score (nSPS) is 9.30. The third kappa shape index (κ3) is 7.97. The molecule has 0 fully saturated rings. The van der Waals surface area contributed by atoms with Gasteiger partial charge in [-0.3, -0.25) is 4.99 Å². The minimum atomic E-state index is 0.182. The number of rotatable bonds is 5. The Bertz CT molecular complexity index is 101. The molecule has 0 saturated heterocycles. The molecule has 0 saturated carbocycles. The van der Waals surface area contributed by atoms with E-state index in [0.717, 1.165) is 18.1 Å². The van der Waals surface area contributed by atoms with Crippen LogP contribution in [-0.2, 0) is 0 Å². The first-order valence-electron chi connectivity index (χ1n) is 3.07. The van der Waals surface area contributed by atoms with Crippen LogP contribution in [0.2, 0.25) is 0 Å². The van der Waals surface area contributed by atoms with Crippen molar-refractivity contribution in [3.05, 3.63) is 0 Å². The number of aliphatic imine (C=N–C) groups is 1. The molecule has 0 radical (unpaired) electrons. The van der Waals surface area contributed by atoms with Gasteiger partial charge in [0.15, 0.2) is 5.96 Å². The first kappa shape index (κ1) is 9.97. The summed E-state index contributed by atoms with van der Waals surface area (Å²) in [6.45, 7) is 2.85. The zero-order valence-corrected chi connectivity index (χ0v) is 7.67. The fraction of sp³-hybridized carbons (Fsp3) is 0.800. The molecule has 0 rings (SSSR count). The fourth-order valence-electron chi connectivity index (χ4n) is 0.354. The molecule has 0 unspecified atom stereocenters. The van der Waals surface area contributed by atoms with E-state index in [-0.39, 0.29) is 5.96 Å². The molecule has 60 valence electrons. The predicted octanol–water partition coefficient (Wildman–Crippen LogP) is 0.661. The Hall–Kier alpha value is -0.0300. The van der Waals surface area contributed by atoms with Crippen molar-refractivity contribution >= 4 is 27.5 Å². The van der Waals surface area contributed by atoms with E-state index in [2.05, 4.69) is 11.9 Å². The first-order valence-corrected chi connectivity index (χ1v) is 5.56. The highest BCUT2D eigenvalue weighted by Gasteiger charge is 1.85. The van der Waals surface area contributed by atoms with Crippen LogP contribution in [0.3, 0.4) is 0 Å². The Morgan fingerprint density at radius 3 is 2.60 bits per heavy atom. The summed E-state index contributed by atoms with van der Waals surface area (Å²) < 4.78 is 0. The van der Waals surface area contributed by atoms with Gasteiger partial charge < -0.3 is 11.5 Å². The average Bonchev–Trinajstić information content (AvgIpc) is 1.87. The summed E-state index contributed by atoms with van der Waals surface area (Å²) in [5, 5.41) is 0. The molecule has 0 amide bonds. The third-order valence-corrected chi connectivity index (χ3v) is 3.13. The number of nitrogens with zero attached hydrogens (tertiary/aromatic N) is 1. The molecule has 0 aromatic heterocycles. The van der Waals surface area contributed by atoms with Gasteiger partial charge in [-0.25, -0.2) is 0 Å². The predicted molar refractivity (Wildman–Crippen MR) is 51.3 cm³/mol. The van der Waals surface area contributed by atoms with Crippen LogP contribution in [0.1, 0.15) is 6.92 Å². The number of nitrogens with two attached hydrogens (primary N) is 2. The largest absolute Gasteiger partial charge is 0.370 e. The topological polar surface area (TPSA) is 64.4 Å². The van der Waals surface area contributed by atoms with E-state index in [1.165, 1.54) is 0 Å². The molecule has 0 aliphatic carbocycles. The van der Waals surface area contributed by atoms with Crippen molar-refractivity contribution in [3.63, 3.8) is 0 Å². The minimum absolute atomic E-state index is 0.182. The summed E-state index contributed by atoms with van der Waals surface area (Å²) in [5.41, 5.74) is 10.2. The molecule has 0 spiro atoms. The molecular weight excluding hydrogens is 166 g/mol. The minimum Gasteiger partial charge on any atom is -0.370 e. The molecule has 0 heterocycles. The summed E-state index contributed by atoms with van der Waals surface area (Å²) in [5.74, 6) is 2.30. The zero-order valence-electron chi connectivity index (χ0n) is 6.04. The van der Waals surface area contributed by atoms with E-state index >= 15 is 0 Å². The highest BCUT2D eigenvalue weighted by atomic mass is 33.1. The maximum atomic E-state index is 5.12. The number of hydrogen-bond donors (Lipinski definition) is 2. The summed E-state index contributed by atoms with van der Waals surface area (Å²) >= 11 is 0. The molecule has 0 aromatic carbocycles. The van der Waals surface area contributed by atoms with Gasteiger partial charge in [0.1, 0.15) is 0 Å². The van der Waals surface area contributed by atoms with Crippen LogP contribution in [0.4, 0.5) is 0 Å². The van der Waals surface area contributed by atoms with E-state index in [0.29, 0.717) is 0 Å². The van der Waals surface area contributed by atoms with E-state index < -0.39 is 0 Å². The molecule has 0 bridgehead atoms. The first-order chi connectivity index (χ1) is 4.77. The summed E-state index contributed by atoms with van der Waals surface area (Å²) in [4.78, 5) is 3.83. The van der Waals surface area contributed by atoms with Gasteiger partial charge >= 0.3 is 0 Å². The molecule has 4 N–H and O–H groups in total. The lowest BCUT2D eigenvalue weighted by molar-refractivity contribution is 1.13. The second kappa shape index (κ2) is 7.08. The van der Waals surface area contributed by atoms with Gasteiger partial charge in [-0.2, -0.15) is 0 Å². The fourth-order valence-corrected chi connectivity index (χ4v) is 1.88. The molecule has 3 nitrogen and oxygen atoms in total. The van der Waals surface area contributed by atoms with Gasteiger partial charge in [-0.1, -0.05) is 28.5 Å². The van der Waals surface area contributed by atoms with Crippen molar-refractivity contribution in [1.29, 1.82) is 0 Å². The highest BCUT2D eigenvalue weighted by Crippen LogP contribution is 2.19. The summed E-state index contributed by atoms with van der Waals surface area (Å²) in [7, 11) is 3.62. The Morgan fingerprint density at radius 2 is 2.10 bits per heavy atom. The van der Waals surface area contributed by atoms with Gasteiger partial charge in [0.05, 0.1) is 6.54 Å². The van der Waals surface area contributed by atoms with Crippen molar-refractivity contribution in [3.8, 4) is 0 Å². The standard InChI is InChI=1S/C5H13N3S2/c1-2-9-10-4-3-8-5(6)7/h2-4H2,1H3,(H4,6,7,8). The molecule has 0 aliphatic heterocycles. The van der Waals surface area contributed by atoms with E-state index in [1.54, 1.807) is 10.8 Å². The molecular formula is C5H13N3S2. The van der Waals surface area contributed by atoms with Crippen molar-refractivity contribution in [2.24, 2.45) is 16.5 Å². The SMILES string of the molecule is CCSSCCN=C(N)N. The zero-order chi connectivity index (χ0) is 7.82. The maximum absolute atomic E-state index is 5.12. The van der Waals surface area contributed by atoms with Gasteiger partial charge in [-0.05, 0) is 0 Å². The number of guanidine groups is 1. The lowest BCUT2D eigenvalue weighted by atomic mass is 10.8. The Balaban J connectivity index is 2.98. The lowest BCUT2D eigenvalue weighted by Gasteiger charge is -1.94. The average molecular weight is 179 g/mol. The third-order valence-electron chi connectivity index (χ3n) is 0.670. The second-order valence-electron chi connectivity index (χ2n) is 1.54. The number of hydrogen-bond acceptors (Lipinski definition) is 3. The smallest absolute Gasteiger partial charge is 0.185 e. The van der Waals surface area contributed by atoms with Crippen LogP contribution in [0.15, 0.2) is 4.99 Å². The van der Waals surface area contributed by atoms with Gasteiger partial charge in [0.2, 0.25) is 0 Å². The van der Waals surface area contributed by atoms with Crippen molar-refractivity contribution in [2.45, 2.75) is 6.92 Å². The van der Waals surface area contributed by atoms with E-state index in [9.17, 15) is 0 Å². The monoisotopic (exact) mass is 179 g/mol. The second-order valence-corrected chi connectivity index (χ2v) is 4.41. The van der Waals surface area contributed by atoms with Gasteiger partial charge in [-0.15, -0.1) is 0 Å². The van der Waals surface area contributed by atoms with Crippen LogP contribution >= 0.6 is 21.6 Å². The van der Waals surface area contributed by atoms with Crippen LogP contribution in [-0.4, -0.2) is 24.0 Å². The van der Waals surface area contributed by atoms with E-state index in [1.807, 2.05) is 10.8 Å². The lowest BCUT2D eigenvalue weighted by Crippen LogP contribution is -2.23. The van der Waals surface area contributed by atoms with Crippen LogP contribution in [0, 0.1) is 0 Å². The van der Waals surface area contributed by atoms with Crippen molar-refractivity contribution < 1.29 is 0 Å². The van der Waals surface area contributed by atoms with Crippen molar-refractivity contribution in [1.82, 2.24) is 0 Å². The summed E-state index contributed by atoms with van der Waals surface area (Å²) in [6.07, 6.45) is 0. The highest BCUT2D eigenvalue weighted by molar-refractivity contribution is 8.76. The van der Waals surface area contributed by atoms with Crippen LogP contribution in [0.25, 0.3) is 0 Å². The Morgan fingerprint density at radius 1 is 1.40 bits per heavy atom. The van der Waals surface area contributed by atoms with Gasteiger partial charge in [0, 0.05) is 11.5 Å². The molecule has 0 atom stereocenters. The molecule has 5 heteroatoms. The van der Waals surface area contributed by atoms with Crippen LogP contribution in [0.5, 0.6) is 0 Å². The van der Waals surface area contributed by atoms with Crippen molar-refractivity contribution in [2.75, 3.05) is 18.1 Å². The Labute approximate surface area is 69.4 Å².